The van der Waals surface area contributed by atoms with E-state index in [4.69, 9.17) is 10.6 Å². The molecule has 0 amide bonds. The topological polar surface area (TPSA) is 95.4 Å². The van der Waals surface area contributed by atoms with Crippen LogP contribution < -0.4 is 5.73 Å². The number of hydrogen-bond acceptors (Lipinski definition) is 6. The quantitative estimate of drug-likeness (QED) is 0.539. The SMILES string of the molecule is CC12CCC3C(CCC4=CC(=NOCCn5cc(CCN)nn5)CCC43C)C1CCC2=O. The zero-order valence-corrected chi connectivity index (χ0v) is 19.6. The van der Waals surface area contributed by atoms with Crippen molar-refractivity contribution in [3.63, 3.8) is 0 Å². The molecule has 2 N–H and O–H groups in total. The van der Waals surface area contributed by atoms with Crippen molar-refractivity contribution in [3.8, 4) is 0 Å². The van der Waals surface area contributed by atoms with Gasteiger partial charge in [0.2, 0.25) is 0 Å². The molecule has 0 aliphatic heterocycles. The van der Waals surface area contributed by atoms with Crippen molar-refractivity contribution in [3.05, 3.63) is 23.5 Å². The van der Waals surface area contributed by atoms with Gasteiger partial charge in [0.05, 0.1) is 18.0 Å². The van der Waals surface area contributed by atoms with Crippen LogP contribution in [0.1, 0.15) is 70.9 Å². The fourth-order valence-corrected chi connectivity index (χ4v) is 7.39. The van der Waals surface area contributed by atoms with E-state index in [-0.39, 0.29) is 10.8 Å². The number of allylic oxidation sites excluding steroid dienone is 2. The molecule has 1 aromatic heterocycles. The van der Waals surface area contributed by atoms with Gasteiger partial charge in [-0.3, -0.25) is 4.79 Å². The molecule has 0 spiro atoms. The van der Waals surface area contributed by atoms with Crippen molar-refractivity contribution in [1.29, 1.82) is 0 Å². The van der Waals surface area contributed by atoms with Gasteiger partial charge in [-0.05, 0) is 80.7 Å². The molecule has 4 aliphatic rings. The number of nitrogens with zero attached hydrogens (tertiary/aromatic N) is 4. The van der Waals surface area contributed by atoms with E-state index in [1.165, 1.54) is 12.8 Å². The van der Waals surface area contributed by atoms with Crippen molar-refractivity contribution in [2.24, 2.45) is 39.5 Å². The zero-order valence-electron chi connectivity index (χ0n) is 19.6. The van der Waals surface area contributed by atoms with Crippen LogP contribution in [0.2, 0.25) is 0 Å². The number of carbonyl (C=O) groups excluding carboxylic acids is 1. The van der Waals surface area contributed by atoms with Crippen LogP contribution in [0.15, 0.2) is 23.0 Å². The lowest BCUT2D eigenvalue weighted by atomic mass is 9.47. The lowest BCUT2D eigenvalue weighted by Crippen LogP contribution is -2.50. The molecule has 3 saturated carbocycles. The van der Waals surface area contributed by atoms with Crippen LogP contribution in [0.4, 0.5) is 0 Å². The van der Waals surface area contributed by atoms with Gasteiger partial charge in [0.25, 0.3) is 0 Å². The van der Waals surface area contributed by atoms with Crippen molar-refractivity contribution in [2.75, 3.05) is 13.2 Å². The zero-order chi connectivity index (χ0) is 22.3. The highest BCUT2D eigenvalue weighted by molar-refractivity contribution is 5.96. The van der Waals surface area contributed by atoms with Gasteiger partial charge < -0.3 is 10.6 Å². The molecule has 0 saturated heterocycles. The monoisotopic (exact) mass is 439 g/mol. The van der Waals surface area contributed by atoms with Crippen LogP contribution in [0.5, 0.6) is 0 Å². The van der Waals surface area contributed by atoms with Gasteiger partial charge in [0.15, 0.2) is 0 Å². The predicted octanol–water partition coefficient (Wildman–Crippen LogP) is 3.68. The molecule has 7 nitrogen and oxygen atoms in total. The highest BCUT2D eigenvalue weighted by Crippen LogP contribution is 2.64. The summed E-state index contributed by atoms with van der Waals surface area (Å²) in [5.41, 5.74) is 9.32. The summed E-state index contributed by atoms with van der Waals surface area (Å²) >= 11 is 0. The molecular formula is C25H37N5O2. The lowest BCUT2D eigenvalue weighted by molar-refractivity contribution is -0.132. The molecule has 4 aliphatic carbocycles. The molecule has 0 aromatic carbocycles. The number of Topliss-reactive ketones (excluding diaryl/α,β-unsaturated/α-hetero) is 1. The fourth-order valence-electron chi connectivity index (χ4n) is 7.39. The standard InChI is InChI=1S/C25H37N5O2/c1-24-10-7-18(28-32-14-13-30-16-19(9-12-26)27-29-30)15-17(24)3-4-20-21-5-6-23(31)25(21,2)11-8-22(20)24/h15-16,20-22H,3-14,26H2,1-2H3. The third-order valence-corrected chi connectivity index (χ3v) is 9.27. The Morgan fingerprint density at radius 2 is 2.00 bits per heavy atom. The Bertz CT molecular complexity index is 937. The van der Waals surface area contributed by atoms with Crippen LogP contribution in [0.25, 0.3) is 0 Å². The van der Waals surface area contributed by atoms with Crippen molar-refractivity contribution in [1.82, 2.24) is 15.0 Å². The summed E-state index contributed by atoms with van der Waals surface area (Å²) in [6.45, 7) is 6.43. The van der Waals surface area contributed by atoms with Gasteiger partial charge in [0, 0.05) is 24.5 Å². The number of fused-ring (bicyclic) bond motifs is 5. The number of hydrogen-bond donors (Lipinski definition) is 1. The van der Waals surface area contributed by atoms with E-state index >= 15 is 0 Å². The first-order valence-corrected chi connectivity index (χ1v) is 12.5. The highest BCUT2D eigenvalue weighted by atomic mass is 16.6. The van der Waals surface area contributed by atoms with E-state index < -0.39 is 0 Å². The summed E-state index contributed by atoms with van der Waals surface area (Å²) in [5.74, 6) is 2.56. The maximum atomic E-state index is 12.6. The van der Waals surface area contributed by atoms with E-state index in [0.717, 1.165) is 56.4 Å². The second-order valence-electron chi connectivity index (χ2n) is 10.8. The van der Waals surface area contributed by atoms with Gasteiger partial charge in [0.1, 0.15) is 12.4 Å². The maximum absolute atomic E-state index is 12.6. The molecule has 5 atom stereocenters. The third-order valence-electron chi connectivity index (χ3n) is 9.27. The van der Waals surface area contributed by atoms with Crippen LogP contribution in [0.3, 0.4) is 0 Å². The molecule has 0 bridgehead atoms. The average Bonchev–Trinajstić information content (AvgIpc) is 3.35. The van der Waals surface area contributed by atoms with Gasteiger partial charge >= 0.3 is 0 Å². The smallest absolute Gasteiger partial charge is 0.139 e. The normalized spacial score (nSPS) is 37.6. The van der Waals surface area contributed by atoms with E-state index in [9.17, 15) is 4.79 Å². The second kappa shape index (κ2) is 8.40. The fraction of sp³-hybridized carbons (Fsp3) is 0.760. The molecule has 7 heteroatoms. The minimum absolute atomic E-state index is 0.0386. The summed E-state index contributed by atoms with van der Waals surface area (Å²) in [5, 5.41) is 12.7. The highest BCUT2D eigenvalue weighted by Gasteiger charge is 2.58. The summed E-state index contributed by atoms with van der Waals surface area (Å²) in [6.07, 6.45) is 13.7. The second-order valence-corrected chi connectivity index (χ2v) is 10.8. The van der Waals surface area contributed by atoms with Crippen molar-refractivity contribution < 1.29 is 9.63 Å². The number of rotatable bonds is 6. The van der Waals surface area contributed by atoms with Crippen LogP contribution in [0, 0.1) is 28.6 Å². The Morgan fingerprint density at radius 1 is 1.16 bits per heavy atom. The number of oxime groups is 1. The first-order valence-electron chi connectivity index (χ1n) is 12.5. The number of ketones is 1. The lowest BCUT2D eigenvalue weighted by Gasteiger charge is -2.57. The van der Waals surface area contributed by atoms with Gasteiger partial charge in [-0.1, -0.05) is 29.8 Å². The van der Waals surface area contributed by atoms with Crippen LogP contribution >= 0.6 is 0 Å². The first kappa shape index (κ1) is 21.8. The first-order chi connectivity index (χ1) is 15.4. The van der Waals surface area contributed by atoms with Crippen LogP contribution in [-0.2, 0) is 22.6 Å². The summed E-state index contributed by atoms with van der Waals surface area (Å²) in [6, 6.07) is 0. The van der Waals surface area contributed by atoms with Crippen molar-refractivity contribution >= 4 is 11.5 Å². The molecule has 1 aromatic rings. The predicted molar refractivity (Wildman–Crippen MR) is 123 cm³/mol. The molecule has 5 rings (SSSR count). The Hall–Kier alpha value is -2.02. The Labute approximate surface area is 190 Å². The van der Waals surface area contributed by atoms with Crippen LogP contribution in [-0.4, -0.2) is 39.6 Å². The summed E-state index contributed by atoms with van der Waals surface area (Å²) in [7, 11) is 0. The summed E-state index contributed by atoms with van der Waals surface area (Å²) in [4.78, 5) is 18.2. The van der Waals surface area contributed by atoms with E-state index in [1.807, 2.05) is 6.20 Å². The van der Waals surface area contributed by atoms with Crippen molar-refractivity contribution in [2.45, 2.75) is 78.2 Å². The van der Waals surface area contributed by atoms with E-state index in [2.05, 4.69) is 35.4 Å². The molecule has 1 heterocycles. The maximum Gasteiger partial charge on any atom is 0.139 e. The van der Waals surface area contributed by atoms with E-state index in [0.29, 0.717) is 43.2 Å². The Kier molecular flexibility index (Phi) is 5.72. The van der Waals surface area contributed by atoms with Gasteiger partial charge in [-0.25, -0.2) is 4.68 Å². The Morgan fingerprint density at radius 3 is 2.84 bits per heavy atom. The Balaban J connectivity index is 1.22. The minimum atomic E-state index is -0.0386. The molecular weight excluding hydrogens is 402 g/mol. The third kappa shape index (κ3) is 3.62. The van der Waals surface area contributed by atoms with Gasteiger partial charge in [-0.15, -0.1) is 5.10 Å². The van der Waals surface area contributed by atoms with Gasteiger partial charge in [-0.2, -0.15) is 0 Å². The molecule has 32 heavy (non-hydrogen) atoms. The average molecular weight is 440 g/mol. The minimum Gasteiger partial charge on any atom is -0.394 e. The largest absolute Gasteiger partial charge is 0.394 e. The number of carbonyl (C=O) groups is 1. The molecule has 3 fully saturated rings. The van der Waals surface area contributed by atoms with E-state index in [1.54, 1.807) is 10.3 Å². The number of nitrogens with two attached hydrogens (primary N) is 1. The molecule has 0 radical (unpaired) electrons. The molecule has 5 unspecified atom stereocenters. The molecule has 174 valence electrons. The number of aromatic nitrogens is 3. The summed E-state index contributed by atoms with van der Waals surface area (Å²) < 4.78 is 1.79.